The van der Waals surface area contributed by atoms with Crippen LogP contribution in [0.4, 0.5) is 10.5 Å². The molecule has 1 fully saturated rings. The van der Waals surface area contributed by atoms with Crippen molar-refractivity contribution < 1.29 is 37.0 Å². The molecule has 3 aromatic carbocycles. The minimum Gasteiger partial charge on any atom is -0.496 e. The predicted octanol–water partition coefficient (Wildman–Crippen LogP) is 4.86. The van der Waals surface area contributed by atoms with Crippen molar-refractivity contribution >= 4 is 44.3 Å². The van der Waals surface area contributed by atoms with Crippen LogP contribution in [0.1, 0.15) is 47.3 Å². The summed E-state index contributed by atoms with van der Waals surface area (Å²) in [4.78, 5) is 38.4. The maximum absolute atomic E-state index is 13.5. The van der Waals surface area contributed by atoms with Gasteiger partial charge in [0.1, 0.15) is 11.9 Å². The molecule has 4 aromatic rings. The quantitative estimate of drug-likeness (QED) is 0.150. The van der Waals surface area contributed by atoms with Gasteiger partial charge in [-0.1, -0.05) is 30.3 Å². The van der Waals surface area contributed by atoms with Crippen LogP contribution in [0.5, 0.6) is 5.75 Å². The summed E-state index contributed by atoms with van der Waals surface area (Å²) in [7, 11) is -0.122. The van der Waals surface area contributed by atoms with Crippen molar-refractivity contribution in [2.75, 3.05) is 19.5 Å². The van der Waals surface area contributed by atoms with E-state index in [2.05, 4.69) is 10.4 Å². The molecule has 0 saturated heterocycles. The highest BCUT2D eigenvalue weighted by atomic mass is 32.2. The first-order valence-electron chi connectivity index (χ1n) is 14.1. The minimum atomic E-state index is -4.40. The molecule has 1 saturated carbocycles. The fourth-order valence-electron chi connectivity index (χ4n) is 5.45. The monoisotopic (exact) mass is 619 g/mol. The number of Topliss-reactive ketones (excluding diaryl/α,β-unsaturated/α-hetero) is 1. The van der Waals surface area contributed by atoms with E-state index in [1.807, 2.05) is 19.2 Å². The highest BCUT2D eigenvalue weighted by molar-refractivity contribution is 7.93. The van der Waals surface area contributed by atoms with Gasteiger partial charge in [0.05, 0.1) is 30.3 Å². The standard InChI is InChI=1S/C32H33N3O8S/c1-35-27-16-15-22(33-32(38)43-23-9-7-8-10-23)19-25(27)26(34-35)17-20-13-14-21(18-28(20)41-2)29(36)30(31(37)42-3)44(39,40)24-11-5-4-6-12-24/h4-6,11-16,18-19,23,30H,7-10,17H2,1-3H3,(H,33,38). The second-order valence-electron chi connectivity index (χ2n) is 10.6. The Kier molecular flexibility index (Phi) is 9.00. The zero-order valence-corrected chi connectivity index (χ0v) is 25.4. The average molecular weight is 620 g/mol. The molecule has 1 aliphatic carbocycles. The van der Waals surface area contributed by atoms with E-state index in [0.29, 0.717) is 29.1 Å². The van der Waals surface area contributed by atoms with Crippen LogP contribution in [0.15, 0.2) is 71.6 Å². The van der Waals surface area contributed by atoms with Crippen molar-refractivity contribution in [1.82, 2.24) is 9.78 Å². The Bertz CT molecular complexity index is 1810. The highest BCUT2D eigenvalue weighted by Gasteiger charge is 2.42. The number of rotatable bonds is 10. The number of fused-ring (bicyclic) bond motifs is 1. The van der Waals surface area contributed by atoms with Gasteiger partial charge in [-0.2, -0.15) is 5.10 Å². The highest BCUT2D eigenvalue weighted by Crippen LogP contribution is 2.30. The maximum Gasteiger partial charge on any atom is 0.411 e. The number of hydrogen-bond acceptors (Lipinski definition) is 9. The molecular formula is C32H33N3O8S. The van der Waals surface area contributed by atoms with Crippen LogP contribution >= 0.6 is 0 Å². The number of amides is 1. The van der Waals surface area contributed by atoms with Crippen LogP contribution in [0.3, 0.4) is 0 Å². The van der Waals surface area contributed by atoms with Crippen LogP contribution in [-0.2, 0) is 37.6 Å². The van der Waals surface area contributed by atoms with E-state index in [-0.39, 0.29) is 16.6 Å². The van der Waals surface area contributed by atoms with Crippen LogP contribution in [-0.4, -0.2) is 61.6 Å². The van der Waals surface area contributed by atoms with Gasteiger partial charge in [0, 0.05) is 35.7 Å². The number of nitrogens with zero attached hydrogens (tertiary/aromatic N) is 2. The molecule has 1 aromatic heterocycles. The Morgan fingerprint density at radius 2 is 1.73 bits per heavy atom. The van der Waals surface area contributed by atoms with Gasteiger partial charge in [-0.15, -0.1) is 0 Å². The summed E-state index contributed by atoms with van der Waals surface area (Å²) in [6.07, 6.45) is 3.60. The predicted molar refractivity (Wildman–Crippen MR) is 163 cm³/mol. The van der Waals surface area contributed by atoms with Crippen molar-refractivity contribution in [1.29, 1.82) is 0 Å². The summed E-state index contributed by atoms with van der Waals surface area (Å²) < 4.78 is 44.2. The molecule has 0 radical (unpaired) electrons. The van der Waals surface area contributed by atoms with Gasteiger partial charge in [0.2, 0.25) is 5.25 Å². The molecule has 1 N–H and O–H groups in total. The number of benzene rings is 3. The number of carbonyl (C=O) groups excluding carboxylic acids is 3. The molecular weight excluding hydrogens is 586 g/mol. The second-order valence-corrected chi connectivity index (χ2v) is 12.6. The Morgan fingerprint density at radius 3 is 2.41 bits per heavy atom. The SMILES string of the molecule is COC(=O)C(C(=O)c1ccc(Cc2nn(C)c3ccc(NC(=O)OC4CCCC4)cc23)c(OC)c1)S(=O)(=O)c1ccccc1. The molecule has 12 heteroatoms. The number of sulfone groups is 1. The van der Waals surface area contributed by atoms with E-state index >= 15 is 0 Å². The molecule has 0 bridgehead atoms. The van der Waals surface area contributed by atoms with Gasteiger partial charge in [-0.25, -0.2) is 13.2 Å². The largest absolute Gasteiger partial charge is 0.496 e. The summed E-state index contributed by atoms with van der Waals surface area (Å²) in [5, 5.41) is 6.18. The lowest BCUT2D eigenvalue weighted by atomic mass is 10.0. The third kappa shape index (κ3) is 6.30. The van der Waals surface area contributed by atoms with Crippen LogP contribution in [0.25, 0.3) is 10.9 Å². The molecule has 1 amide bonds. The van der Waals surface area contributed by atoms with Crippen molar-refractivity contribution in [2.24, 2.45) is 7.05 Å². The molecule has 0 aliphatic heterocycles. The number of carbonyl (C=O) groups is 3. The Labute approximate surface area is 255 Å². The number of aromatic nitrogens is 2. The molecule has 44 heavy (non-hydrogen) atoms. The molecule has 11 nitrogen and oxygen atoms in total. The zero-order chi connectivity index (χ0) is 31.4. The third-order valence-corrected chi connectivity index (χ3v) is 9.67. The Morgan fingerprint density at radius 1 is 1.00 bits per heavy atom. The number of aryl methyl sites for hydroxylation is 1. The van der Waals surface area contributed by atoms with E-state index in [1.165, 1.54) is 43.5 Å². The Balaban J connectivity index is 1.41. The minimum absolute atomic E-state index is 0.0290. The molecule has 5 rings (SSSR count). The summed E-state index contributed by atoms with van der Waals surface area (Å²) >= 11 is 0. The number of esters is 1. The van der Waals surface area contributed by atoms with Gasteiger partial charge in [-0.3, -0.25) is 19.6 Å². The normalized spacial score (nSPS) is 14.2. The molecule has 1 atom stereocenters. The van der Waals surface area contributed by atoms with E-state index < -0.39 is 32.9 Å². The first-order valence-corrected chi connectivity index (χ1v) is 15.7. The first kappa shape index (κ1) is 30.7. The molecule has 230 valence electrons. The van der Waals surface area contributed by atoms with Gasteiger partial charge in [-0.05, 0) is 62.1 Å². The number of methoxy groups -OCH3 is 2. The number of ketones is 1. The van der Waals surface area contributed by atoms with E-state index in [1.54, 1.807) is 22.9 Å². The first-order chi connectivity index (χ1) is 21.1. The molecule has 1 aliphatic rings. The van der Waals surface area contributed by atoms with Crippen LogP contribution in [0, 0.1) is 0 Å². The van der Waals surface area contributed by atoms with Gasteiger partial charge >= 0.3 is 12.1 Å². The fraction of sp³-hybridized carbons (Fsp3) is 0.312. The summed E-state index contributed by atoms with van der Waals surface area (Å²) in [6.45, 7) is 0. The fourth-order valence-corrected chi connectivity index (χ4v) is 7.03. The summed E-state index contributed by atoms with van der Waals surface area (Å²) in [6, 6.07) is 17.2. The van der Waals surface area contributed by atoms with Gasteiger partial charge in [0.15, 0.2) is 15.6 Å². The van der Waals surface area contributed by atoms with Crippen molar-refractivity contribution in [2.45, 2.75) is 48.4 Å². The van der Waals surface area contributed by atoms with Crippen molar-refractivity contribution in [3.63, 3.8) is 0 Å². The van der Waals surface area contributed by atoms with Crippen molar-refractivity contribution in [3.05, 3.63) is 83.6 Å². The zero-order valence-electron chi connectivity index (χ0n) is 24.6. The number of nitrogens with one attached hydrogen (secondary N) is 1. The van der Waals surface area contributed by atoms with Crippen LogP contribution in [0.2, 0.25) is 0 Å². The van der Waals surface area contributed by atoms with E-state index in [0.717, 1.165) is 43.7 Å². The summed E-state index contributed by atoms with van der Waals surface area (Å²) in [5.41, 5.74) is 2.73. The lowest BCUT2D eigenvalue weighted by Gasteiger charge is -2.16. The number of anilines is 1. The van der Waals surface area contributed by atoms with Gasteiger partial charge < -0.3 is 14.2 Å². The van der Waals surface area contributed by atoms with Crippen LogP contribution < -0.4 is 10.1 Å². The van der Waals surface area contributed by atoms with E-state index in [9.17, 15) is 22.8 Å². The molecule has 0 spiro atoms. The Hall–Kier alpha value is -4.71. The number of ether oxygens (including phenoxy) is 3. The average Bonchev–Trinajstić information content (AvgIpc) is 3.64. The lowest BCUT2D eigenvalue weighted by Crippen LogP contribution is -2.39. The lowest BCUT2D eigenvalue weighted by molar-refractivity contribution is -0.139. The topological polar surface area (TPSA) is 143 Å². The molecule has 1 unspecified atom stereocenters. The van der Waals surface area contributed by atoms with E-state index in [4.69, 9.17) is 14.2 Å². The molecule has 1 heterocycles. The smallest absolute Gasteiger partial charge is 0.411 e. The number of hydrogen-bond donors (Lipinski definition) is 1. The third-order valence-electron chi connectivity index (χ3n) is 7.71. The van der Waals surface area contributed by atoms with Gasteiger partial charge in [0.25, 0.3) is 0 Å². The summed E-state index contributed by atoms with van der Waals surface area (Å²) in [5.74, 6) is -1.81. The second kappa shape index (κ2) is 12.9. The maximum atomic E-state index is 13.5. The van der Waals surface area contributed by atoms with Crippen molar-refractivity contribution in [3.8, 4) is 5.75 Å².